The molecule has 0 aliphatic carbocycles. The summed E-state index contributed by atoms with van der Waals surface area (Å²) < 4.78 is 0. The molecule has 0 aliphatic rings. The summed E-state index contributed by atoms with van der Waals surface area (Å²) in [6.07, 6.45) is 0.316. The van der Waals surface area contributed by atoms with Gasteiger partial charge in [0.2, 0.25) is 5.91 Å². The number of rotatable bonds is 5. The Morgan fingerprint density at radius 1 is 1.28 bits per heavy atom. The Bertz CT molecular complexity index is 413. The zero-order valence-corrected chi connectivity index (χ0v) is 10.7. The van der Waals surface area contributed by atoms with E-state index in [1.165, 1.54) is 0 Å². The first kappa shape index (κ1) is 14.2. The molecule has 0 spiro atoms. The van der Waals surface area contributed by atoms with Crippen molar-refractivity contribution < 1.29 is 9.59 Å². The van der Waals surface area contributed by atoms with Crippen molar-refractivity contribution in [3.05, 3.63) is 35.4 Å². The van der Waals surface area contributed by atoms with Crippen LogP contribution in [0.25, 0.3) is 0 Å². The monoisotopic (exact) mass is 249 g/mol. The van der Waals surface area contributed by atoms with E-state index >= 15 is 0 Å². The van der Waals surface area contributed by atoms with Crippen molar-refractivity contribution in [1.29, 1.82) is 0 Å². The fourth-order valence-corrected chi connectivity index (χ4v) is 1.48. The molecule has 1 aromatic rings. The number of benzene rings is 1. The van der Waals surface area contributed by atoms with Gasteiger partial charge >= 0.3 is 0 Å². The van der Waals surface area contributed by atoms with Crippen molar-refractivity contribution in [2.45, 2.75) is 25.9 Å². The molecule has 5 heteroatoms. The number of nitrogens with one attached hydrogen (secondary N) is 2. The summed E-state index contributed by atoms with van der Waals surface area (Å²) in [5, 5.41) is 5.32. The highest BCUT2D eigenvalue weighted by Crippen LogP contribution is 2.04. The largest absolute Gasteiger partial charge is 0.355 e. The third-order valence-corrected chi connectivity index (χ3v) is 2.44. The van der Waals surface area contributed by atoms with Crippen LogP contribution < -0.4 is 16.4 Å². The Morgan fingerprint density at radius 2 is 1.89 bits per heavy atom. The van der Waals surface area contributed by atoms with Crippen LogP contribution in [-0.2, 0) is 11.3 Å². The first-order valence-corrected chi connectivity index (χ1v) is 5.86. The van der Waals surface area contributed by atoms with E-state index in [0.29, 0.717) is 18.5 Å². The third kappa shape index (κ3) is 4.55. The molecular weight excluding hydrogens is 230 g/mol. The second kappa shape index (κ2) is 6.76. The molecule has 1 unspecified atom stereocenters. The van der Waals surface area contributed by atoms with Crippen molar-refractivity contribution in [3.8, 4) is 0 Å². The summed E-state index contributed by atoms with van der Waals surface area (Å²) >= 11 is 0. The number of amides is 2. The third-order valence-electron chi connectivity index (χ3n) is 2.44. The topological polar surface area (TPSA) is 84.2 Å². The average Bonchev–Trinajstić information content (AvgIpc) is 2.35. The van der Waals surface area contributed by atoms with Crippen molar-refractivity contribution in [1.82, 2.24) is 10.6 Å². The van der Waals surface area contributed by atoms with Gasteiger partial charge in [0.25, 0.3) is 5.91 Å². The predicted octanol–water partition coefficient (Wildman–Crippen LogP) is 0.400. The summed E-state index contributed by atoms with van der Waals surface area (Å²) in [4.78, 5) is 22.7. The van der Waals surface area contributed by atoms with Crippen LogP contribution in [0.5, 0.6) is 0 Å². The van der Waals surface area contributed by atoms with E-state index < -0.39 is 0 Å². The molecule has 1 atom stereocenters. The second-order valence-corrected chi connectivity index (χ2v) is 4.23. The number of carbonyl (C=O) groups excluding carboxylic acids is 2. The Labute approximate surface area is 107 Å². The van der Waals surface area contributed by atoms with Gasteiger partial charge in [-0.25, -0.2) is 0 Å². The molecule has 5 nitrogen and oxygen atoms in total. The lowest BCUT2D eigenvalue weighted by atomic mass is 10.1. The molecular formula is C13H19N3O2. The maximum Gasteiger partial charge on any atom is 0.251 e. The number of hydrogen-bond acceptors (Lipinski definition) is 3. The van der Waals surface area contributed by atoms with Gasteiger partial charge in [-0.05, 0) is 24.6 Å². The van der Waals surface area contributed by atoms with Crippen LogP contribution in [0.3, 0.4) is 0 Å². The van der Waals surface area contributed by atoms with Gasteiger partial charge < -0.3 is 16.4 Å². The molecule has 0 aliphatic heterocycles. The normalized spacial score (nSPS) is 11.7. The van der Waals surface area contributed by atoms with Crippen LogP contribution in [0, 0.1) is 0 Å². The molecule has 18 heavy (non-hydrogen) atoms. The highest BCUT2D eigenvalue weighted by atomic mass is 16.2. The first-order chi connectivity index (χ1) is 8.52. The molecule has 0 radical (unpaired) electrons. The number of hydrogen-bond donors (Lipinski definition) is 3. The lowest BCUT2D eigenvalue weighted by Crippen LogP contribution is -2.29. The van der Waals surface area contributed by atoms with Crippen LogP contribution >= 0.6 is 0 Å². The highest BCUT2D eigenvalue weighted by Gasteiger charge is 2.05. The minimum Gasteiger partial charge on any atom is -0.355 e. The Balaban J connectivity index is 2.49. The summed E-state index contributed by atoms with van der Waals surface area (Å²) in [5.74, 6) is -0.192. The maximum atomic E-state index is 11.4. The van der Waals surface area contributed by atoms with E-state index in [2.05, 4.69) is 10.6 Å². The lowest BCUT2D eigenvalue weighted by Gasteiger charge is -2.07. The van der Waals surface area contributed by atoms with E-state index in [1.807, 2.05) is 12.1 Å². The van der Waals surface area contributed by atoms with Gasteiger partial charge in [-0.3, -0.25) is 9.59 Å². The summed E-state index contributed by atoms with van der Waals surface area (Å²) in [5.41, 5.74) is 7.07. The first-order valence-electron chi connectivity index (χ1n) is 5.86. The molecule has 1 rings (SSSR count). The molecule has 2 amide bonds. The molecule has 0 saturated heterocycles. The van der Waals surface area contributed by atoms with Crippen LogP contribution in [-0.4, -0.2) is 24.9 Å². The summed E-state index contributed by atoms with van der Waals surface area (Å²) in [6.45, 7) is 2.23. The molecule has 0 saturated carbocycles. The minimum absolute atomic E-state index is 0.0691. The standard InChI is InChI=1S/C13H19N3O2/c1-9(14)7-12(17)16-8-10-3-5-11(6-4-10)13(18)15-2/h3-6,9H,7-8,14H2,1-2H3,(H,15,18)(H,16,17). The van der Waals surface area contributed by atoms with Crippen molar-refractivity contribution in [3.63, 3.8) is 0 Å². The van der Waals surface area contributed by atoms with Crippen molar-refractivity contribution >= 4 is 11.8 Å². The number of carbonyl (C=O) groups is 2. The summed E-state index contributed by atoms with van der Waals surface area (Å²) in [7, 11) is 1.59. The summed E-state index contributed by atoms with van der Waals surface area (Å²) in [6, 6.07) is 6.95. The van der Waals surface area contributed by atoms with Gasteiger partial charge in [-0.15, -0.1) is 0 Å². The molecule has 1 aromatic carbocycles. The van der Waals surface area contributed by atoms with Crippen LogP contribution in [0.1, 0.15) is 29.3 Å². The SMILES string of the molecule is CNC(=O)c1ccc(CNC(=O)CC(C)N)cc1. The van der Waals surface area contributed by atoms with Crippen LogP contribution in [0.4, 0.5) is 0 Å². The highest BCUT2D eigenvalue weighted by molar-refractivity contribution is 5.93. The minimum atomic E-state index is -0.138. The predicted molar refractivity (Wildman–Crippen MR) is 69.9 cm³/mol. The Kier molecular flexibility index (Phi) is 5.32. The Morgan fingerprint density at radius 3 is 2.39 bits per heavy atom. The molecule has 0 heterocycles. The van der Waals surface area contributed by atoms with E-state index in [9.17, 15) is 9.59 Å². The van der Waals surface area contributed by atoms with Crippen LogP contribution in [0.15, 0.2) is 24.3 Å². The van der Waals surface area contributed by atoms with Gasteiger partial charge in [0.05, 0.1) is 0 Å². The fourth-order valence-electron chi connectivity index (χ4n) is 1.48. The van der Waals surface area contributed by atoms with Gasteiger partial charge in [0.15, 0.2) is 0 Å². The van der Waals surface area contributed by atoms with E-state index in [4.69, 9.17) is 5.73 Å². The van der Waals surface area contributed by atoms with Gasteiger partial charge in [-0.2, -0.15) is 0 Å². The maximum absolute atomic E-state index is 11.4. The van der Waals surface area contributed by atoms with E-state index in [-0.39, 0.29) is 17.9 Å². The molecule has 0 aromatic heterocycles. The van der Waals surface area contributed by atoms with Gasteiger partial charge in [0, 0.05) is 31.6 Å². The van der Waals surface area contributed by atoms with Crippen molar-refractivity contribution in [2.75, 3.05) is 7.05 Å². The van der Waals surface area contributed by atoms with Crippen molar-refractivity contribution in [2.24, 2.45) is 5.73 Å². The molecule has 98 valence electrons. The molecule has 0 bridgehead atoms. The number of nitrogens with two attached hydrogens (primary N) is 1. The van der Waals surface area contributed by atoms with E-state index in [1.54, 1.807) is 26.1 Å². The zero-order valence-electron chi connectivity index (χ0n) is 10.7. The van der Waals surface area contributed by atoms with Gasteiger partial charge in [-0.1, -0.05) is 12.1 Å². The quantitative estimate of drug-likeness (QED) is 0.706. The molecule has 0 fully saturated rings. The van der Waals surface area contributed by atoms with Crippen LogP contribution in [0.2, 0.25) is 0 Å². The Hall–Kier alpha value is -1.88. The second-order valence-electron chi connectivity index (χ2n) is 4.23. The lowest BCUT2D eigenvalue weighted by molar-refractivity contribution is -0.121. The van der Waals surface area contributed by atoms with E-state index in [0.717, 1.165) is 5.56 Å². The smallest absolute Gasteiger partial charge is 0.251 e. The average molecular weight is 249 g/mol. The molecule has 4 N–H and O–H groups in total. The van der Waals surface area contributed by atoms with Gasteiger partial charge in [0.1, 0.15) is 0 Å². The fraction of sp³-hybridized carbons (Fsp3) is 0.385. The zero-order chi connectivity index (χ0) is 13.5.